The molecule has 3 rings (SSSR count). The lowest BCUT2D eigenvalue weighted by Gasteiger charge is -2.22. The fraction of sp³-hybridized carbons (Fsp3) is 0.333. The Labute approximate surface area is 117 Å². The van der Waals surface area contributed by atoms with Gasteiger partial charge in [0.05, 0.1) is 21.3 Å². The molecule has 1 unspecified atom stereocenters. The monoisotopic (exact) mass is 325 g/mol. The largest absolute Gasteiger partial charge is 0.353 e. The summed E-state index contributed by atoms with van der Waals surface area (Å²) in [5.74, 6) is 0.0710. The van der Waals surface area contributed by atoms with E-state index in [0.29, 0.717) is 13.0 Å². The van der Waals surface area contributed by atoms with Crippen molar-refractivity contribution in [2.75, 3.05) is 13.1 Å². The Morgan fingerprint density at radius 2 is 2.33 bits per heavy atom. The second-order valence-electron chi connectivity index (χ2n) is 4.22. The maximum atomic E-state index is 11.7. The molecule has 1 aliphatic rings. The normalized spacial score (nSPS) is 20.1. The predicted molar refractivity (Wildman–Crippen MR) is 75.8 cm³/mol. The SMILES string of the molecule is O=C1NCCNC1Cc1nc2cc(Br)ccc2s1. The van der Waals surface area contributed by atoms with Crippen LogP contribution in [0.1, 0.15) is 5.01 Å². The fourth-order valence-electron chi connectivity index (χ4n) is 2.02. The predicted octanol–water partition coefficient (Wildman–Crippen LogP) is 1.69. The Hall–Kier alpha value is -0.980. The molecular weight excluding hydrogens is 314 g/mol. The molecule has 18 heavy (non-hydrogen) atoms. The van der Waals surface area contributed by atoms with Crippen LogP contribution in [0.3, 0.4) is 0 Å². The molecule has 1 aromatic carbocycles. The third-order valence-corrected chi connectivity index (χ3v) is 4.46. The number of rotatable bonds is 2. The van der Waals surface area contributed by atoms with Gasteiger partial charge in [-0.25, -0.2) is 4.98 Å². The summed E-state index contributed by atoms with van der Waals surface area (Å²) in [5, 5.41) is 7.08. The van der Waals surface area contributed by atoms with Gasteiger partial charge in [-0.1, -0.05) is 15.9 Å². The van der Waals surface area contributed by atoms with Crippen molar-refractivity contribution >= 4 is 43.4 Å². The van der Waals surface area contributed by atoms with Crippen LogP contribution in [0.4, 0.5) is 0 Å². The highest BCUT2D eigenvalue weighted by Crippen LogP contribution is 2.25. The van der Waals surface area contributed by atoms with Gasteiger partial charge in [0.1, 0.15) is 0 Å². The van der Waals surface area contributed by atoms with Gasteiger partial charge in [-0.2, -0.15) is 0 Å². The quantitative estimate of drug-likeness (QED) is 0.883. The second-order valence-corrected chi connectivity index (χ2v) is 6.25. The summed E-state index contributed by atoms with van der Waals surface area (Å²) >= 11 is 5.09. The van der Waals surface area contributed by atoms with Gasteiger partial charge in [-0.3, -0.25) is 4.79 Å². The van der Waals surface area contributed by atoms with Crippen LogP contribution < -0.4 is 10.6 Å². The van der Waals surface area contributed by atoms with Crippen LogP contribution in [0.5, 0.6) is 0 Å². The number of hydrogen-bond donors (Lipinski definition) is 2. The van der Waals surface area contributed by atoms with Crippen LogP contribution in [-0.4, -0.2) is 30.0 Å². The minimum absolute atomic E-state index is 0.0710. The Kier molecular flexibility index (Phi) is 3.32. The number of amides is 1. The summed E-state index contributed by atoms with van der Waals surface area (Å²) < 4.78 is 2.19. The second kappa shape index (κ2) is 4.95. The summed E-state index contributed by atoms with van der Waals surface area (Å²) in [5.41, 5.74) is 0.987. The zero-order valence-electron chi connectivity index (χ0n) is 9.57. The standard InChI is InChI=1S/C12H12BrN3OS/c13-7-1-2-10-8(5-7)16-11(18-10)6-9-12(17)15-4-3-14-9/h1-2,5,9,14H,3-4,6H2,(H,15,17). The molecule has 0 spiro atoms. The molecule has 0 aliphatic carbocycles. The summed E-state index contributed by atoms with van der Waals surface area (Å²) in [6, 6.07) is 5.91. The number of fused-ring (bicyclic) bond motifs is 1. The van der Waals surface area contributed by atoms with E-state index in [-0.39, 0.29) is 11.9 Å². The van der Waals surface area contributed by atoms with Gasteiger partial charge < -0.3 is 10.6 Å². The lowest BCUT2D eigenvalue weighted by molar-refractivity contribution is -0.124. The minimum Gasteiger partial charge on any atom is -0.353 e. The van der Waals surface area contributed by atoms with Crippen LogP contribution in [0.15, 0.2) is 22.7 Å². The van der Waals surface area contributed by atoms with Crippen molar-refractivity contribution in [2.45, 2.75) is 12.5 Å². The first kappa shape index (κ1) is 12.1. The molecule has 1 atom stereocenters. The number of nitrogens with zero attached hydrogens (tertiary/aromatic N) is 1. The van der Waals surface area contributed by atoms with E-state index >= 15 is 0 Å². The van der Waals surface area contributed by atoms with E-state index in [9.17, 15) is 4.79 Å². The van der Waals surface area contributed by atoms with Gasteiger partial charge in [0.2, 0.25) is 5.91 Å². The molecule has 2 heterocycles. The Balaban J connectivity index is 1.84. The maximum Gasteiger partial charge on any atom is 0.237 e. The highest BCUT2D eigenvalue weighted by Gasteiger charge is 2.22. The van der Waals surface area contributed by atoms with Crippen molar-refractivity contribution in [3.8, 4) is 0 Å². The van der Waals surface area contributed by atoms with Gasteiger partial charge in [0, 0.05) is 24.0 Å². The van der Waals surface area contributed by atoms with Gasteiger partial charge in [0.15, 0.2) is 0 Å². The third kappa shape index (κ3) is 2.41. The van der Waals surface area contributed by atoms with Crippen molar-refractivity contribution in [3.05, 3.63) is 27.7 Å². The van der Waals surface area contributed by atoms with Crippen molar-refractivity contribution in [1.29, 1.82) is 0 Å². The number of carbonyl (C=O) groups excluding carboxylic acids is 1. The van der Waals surface area contributed by atoms with Crippen molar-refractivity contribution in [1.82, 2.24) is 15.6 Å². The summed E-state index contributed by atoms with van der Waals surface area (Å²) in [7, 11) is 0. The molecule has 94 valence electrons. The van der Waals surface area contributed by atoms with E-state index in [1.165, 1.54) is 0 Å². The summed E-state index contributed by atoms with van der Waals surface area (Å²) in [6.07, 6.45) is 0.656. The zero-order valence-corrected chi connectivity index (χ0v) is 12.0. The minimum atomic E-state index is -0.150. The number of benzene rings is 1. The average molecular weight is 326 g/mol. The van der Waals surface area contributed by atoms with E-state index in [0.717, 1.165) is 26.2 Å². The van der Waals surface area contributed by atoms with Gasteiger partial charge in [-0.15, -0.1) is 11.3 Å². The van der Waals surface area contributed by atoms with Gasteiger partial charge >= 0.3 is 0 Å². The number of hydrogen-bond acceptors (Lipinski definition) is 4. The molecule has 2 aromatic rings. The van der Waals surface area contributed by atoms with Crippen LogP contribution in [0, 0.1) is 0 Å². The topological polar surface area (TPSA) is 54.0 Å². The molecule has 1 aliphatic heterocycles. The lowest BCUT2D eigenvalue weighted by atomic mass is 10.1. The molecule has 0 radical (unpaired) electrons. The van der Waals surface area contributed by atoms with Crippen LogP contribution in [0.2, 0.25) is 0 Å². The number of carbonyl (C=O) groups is 1. The number of piperazine rings is 1. The van der Waals surface area contributed by atoms with Gasteiger partial charge in [0.25, 0.3) is 0 Å². The fourth-order valence-corrected chi connectivity index (χ4v) is 3.37. The average Bonchev–Trinajstić information content (AvgIpc) is 2.73. The molecule has 1 saturated heterocycles. The molecule has 0 bridgehead atoms. The van der Waals surface area contributed by atoms with E-state index in [1.807, 2.05) is 12.1 Å². The van der Waals surface area contributed by atoms with Crippen molar-refractivity contribution in [2.24, 2.45) is 0 Å². The maximum absolute atomic E-state index is 11.7. The lowest BCUT2D eigenvalue weighted by Crippen LogP contribution is -2.53. The first-order valence-electron chi connectivity index (χ1n) is 5.78. The van der Waals surface area contributed by atoms with E-state index < -0.39 is 0 Å². The zero-order chi connectivity index (χ0) is 12.5. The van der Waals surface area contributed by atoms with Crippen LogP contribution in [0.25, 0.3) is 10.2 Å². The first-order valence-corrected chi connectivity index (χ1v) is 7.39. The summed E-state index contributed by atoms with van der Waals surface area (Å²) in [6.45, 7) is 1.54. The molecule has 1 amide bonds. The smallest absolute Gasteiger partial charge is 0.237 e. The molecule has 2 N–H and O–H groups in total. The molecule has 1 fully saturated rings. The van der Waals surface area contributed by atoms with Crippen LogP contribution in [-0.2, 0) is 11.2 Å². The van der Waals surface area contributed by atoms with E-state index in [2.05, 4.69) is 37.6 Å². The molecule has 0 saturated carbocycles. The Bertz CT molecular complexity index is 598. The van der Waals surface area contributed by atoms with E-state index in [4.69, 9.17) is 0 Å². The highest BCUT2D eigenvalue weighted by atomic mass is 79.9. The van der Waals surface area contributed by atoms with Gasteiger partial charge in [-0.05, 0) is 18.2 Å². The van der Waals surface area contributed by atoms with E-state index in [1.54, 1.807) is 11.3 Å². The summed E-state index contributed by atoms with van der Waals surface area (Å²) in [4.78, 5) is 16.2. The highest BCUT2D eigenvalue weighted by molar-refractivity contribution is 9.10. The number of nitrogens with one attached hydrogen (secondary N) is 2. The Morgan fingerprint density at radius 1 is 1.44 bits per heavy atom. The molecule has 4 nitrogen and oxygen atoms in total. The molecule has 1 aromatic heterocycles. The number of halogens is 1. The number of thiazole rings is 1. The van der Waals surface area contributed by atoms with Crippen LogP contribution >= 0.6 is 27.3 Å². The number of aromatic nitrogens is 1. The molecular formula is C12H12BrN3OS. The Morgan fingerprint density at radius 3 is 3.17 bits per heavy atom. The third-order valence-electron chi connectivity index (χ3n) is 2.90. The first-order chi connectivity index (χ1) is 8.72. The van der Waals surface area contributed by atoms with Crippen molar-refractivity contribution in [3.63, 3.8) is 0 Å². The molecule has 6 heteroatoms. The van der Waals surface area contributed by atoms with Crippen molar-refractivity contribution < 1.29 is 4.79 Å².